The van der Waals surface area contributed by atoms with Crippen LogP contribution in [0.5, 0.6) is 0 Å². The van der Waals surface area contributed by atoms with E-state index in [1.54, 1.807) is 0 Å². The van der Waals surface area contributed by atoms with E-state index in [0.717, 1.165) is 5.56 Å². The maximum atomic E-state index is 10.3. The molecule has 1 aliphatic rings. The Hall–Kier alpha value is -2.72. The number of ether oxygens (including phenoxy) is 1. The highest BCUT2D eigenvalue weighted by atomic mass is 16.5. The summed E-state index contributed by atoms with van der Waals surface area (Å²) in [4.78, 5) is 0. The van der Waals surface area contributed by atoms with Crippen LogP contribution in [0.15, 0.2) is 66.7 Å². The summed E-state index contributed by atoms with van der Waals surface area (Å²) >= 11 is 0. The Morgan fingerprint density at radius 1 is 0.750 bits per heavy atom. The van der Waals surface area contributed by atoms with E-state index in [1.165, 1.54) is 43.1 Å². The summed E-state index contributed by atoms with van der Waals surface area (Å²) < 4.78 is 6.05. The molecule has 0 aromatic heterocycles. The van der Waals surface area contributed by atoms with Crippen LogP contribution in [0, 0.1) is 0 Å². The van der Waals surface area contributed by atoms with Gasteiger partial charge in [0.1, 0.15) is 6.10 Å². The molecule has 1 saturated heterocycles. The quantitative estimate of drug-likeness (QED) is 0.343. The summed E-state index contributed by atoms with van der Waals surface area (Å²) in [5.74, 6) is 0. The molecule has 0 amide bonds. The topological polar surface area (TPSA) is 49.7 Å². The lowest BCUT2D eigenvalue weighted by Gasteiger charge is -2.20. The van der Waals surface area contributed by atoms with E-state index in [0.29, 0.717) is 6.42 Å². The van der Waals surface area contributed by atoms with Gasteiger partial charge in [0.2, 0.25) is 0 Å². The molecule has 0 unspecified atom stereocenters. The molecule has 5 aromatic carbocycles. The lowest BCUT2D eigenvalue weighted by atomic mass is 9.86. The van der Waals surface area contributed by atoms with Crippen molar-refractivity contribution in [1.29, 1.82) is 0 Å². The van der Waals surface area contributed by atoms with Gasteiger partial charge in [-0.25, -0.2) is 0 Å². The van der Waals surface area contributed by atoms with Gasteiger partial charge in [0.25, 0.3) is 0 Å². The van der Waals surface area contributed by atoms with Crippen LogP contribution < -0.4 is 0 Å². The first-order valence-electron chi connectivity index (χ1n) is 9.79. The first-order chi connectivity index (χ1) is 13.8. The Balaban J connectivity index is 1.79. The predicted molar refractivity (Wildman–Crippen MR) is 113 cm³/mol. The first-order valence-corrected chi connectivity index (χ1v) is 9.79. The molecule has 1 fully saturated rings. The summed E-state index contributed by atoms with van der Waals surface area (Å²) in [6.07, 6.45) is -0.876. The van der Waals surface area contributed by atoms with Gasteiger partial charge in [-0.2, -0.15) is 0 Å². The minimum Gasteiger partial charge on any atom is -0.394 e. The Morgan fingerprint density at radius 3 is 2.07 bits per heavy atom. The molecule has 138 valence electrons. The standard InChI is InChI=1S/C25H20O3/c26-13-22-20(27)12-21(28-22)18-11-10-15-6-2-8-17-16-7-1-4-14-5-3-9-19(23(14)16)25(18)24(15)17/h1-11,20-22,26-27H,12-13H2/t20-,21+,22+/m0/s1. The number of rotatable bonds is 2. The molecular formula is C25H20O3. The van der Waals surface area contributed by atoms with E-state index in [4.69, 9.17) is 4.74 Å². The molecule has 1 aliphatic heterocycles. The van der Waals surface area contributed by atoms with Crippen molar-refractivity contribution in [1.82, 2.24) is 0 Å². The van der Waals surface area contributed by atoms with Crippen LogP contribution in [0.25, 0.3) is 43.1 Å². The molecule has 6 rings (SSSR count). The number of benzene rings is 5. The van der Waals surface area contributed by atoms with Crippen LogP contribution in [0.3, 0.4) is 0 Å². The van der Waals surface area contributed by atoms with Crippen molar-refractivity contribution in [2.24, 2.45) is 0 Å². The van der Waals surface area contributed by atoms with Crippen LogP contribution in [0.4, 0.5) is 0 Å². The maximum Gasteiger partial charge on any atom is 0.107 e. The minimum absolute atomic E-state index is 0.162. The third-order valence-corrected chi connectivity index (χ3v) is 6.29. The van der Waals surface area contributed by atoms with Crippen molar-refractivity contribution in [3.63, 3.8) is 0 Å². The van der Waals surface area contributed by atoms with Crippen LogP contribution in [0.2, 0.25) is 0 Å². The number of aliphatic hydroxyl groups is 2. The normalized spacial score (nSPS) is 22.9. The highest BCUT2D eigenvalue weighted by Gasteiger charge is 2.35. The highest BCUT2D eigenvalue weighted by Crippen LogP contribution is 2.45. The fourth-order valence-corrected chi connectivity index (χ4v) is 5.05. The molecule has 3 atom stereocenters. The van der Waals surface area contributed by atoms with Gasteiger partial charge in [0.05, 0.1) is 18.8 Å². The van der Waals surface area contributed by atoms with Gasteiger partial charge in [-0.05, 0) is 48.7 Å². The second-order valence-corrected chi connectivity index (χ2v) is 7.79. The van der Waals surface area contributed by atoms with Crippen LogP contribution in [-0.2, 0) is 4.74 Å². The van der Waals surface area contributed by atoms with Gasteiger partial charge in [0, 0.05) is 6.42 Å². The van der Waals surface area contributed by atoms with Gasteiger partial charge in [-0.1, -0.05) is 66.7 Å². The molecule has 0 radical (unpaired) electrons. The molecule has 1 heterocycles. The number of hydrogen-bond donors (Lipinski definition) is 2. The SMILES string of the molecule is OC[C@H]1O[C@@H](c2ccc3cccc4c5cccc6cccc(c2c34)c65)C[C@@H]1O. The second kappa shape index (κ2) is 5.89. The number of hydrogen-bond acceptors (Lipinski definition) is 3. The monoisotopic (exact) mass is 368 g/mol. The molecule has 0 aliphatic carbocycles. The third kappa shape index (κ3) is 2.09. The maximum absolute atomic E-state index is 10.3. The summed E-state index contributed by atoms with van der Waals surface area (Å²) in [7, 11) is 0. The molecule has 5 aromatic rings. The second-order valence-electron chi connectivity index (χ2n) is 7.79. The minimum atomic E-state index is -0.639. The van der Waals surface area contributed by atoms with Crippen LogP contribution in [-0.4, -0.2) is 29.0 Å². The zero-order valence-corrected chi connectivity index (χ0v) is 15.3. The molecular weight excluding hydrogens is 348 g/mol. The van der Waals surface area contributed by atoms with Crippen molar-refractivity contribution in [2.75, 3.05) is 6.61 Å². The first kappa shape index (κ1) is 16.3. The lowest BCUT2D eigenvalue weighted by Crippen LogP contribution is -2.24. The van der Waals surface area contributed by atoms with Crippen LogP contribution in [0.1, 0.15) is 18.1 Å². The smallest absolute Gasteiger partial charge is 0.107 e. The van der Waals surface area contributed by atoms with Gasteiger partial charge in [-0.3, -0.25) is 0 Å². The lowest BCUT2D eigenvalue weighted by molar-refractivity contribution is -0.0221. The van der Waals surface area contributed by atoms with E-state index >= 15 is 0 Å². The molecule has 0 bridgehead atoms. The summed E-state index contributed by atoms with van der Waals surface area (Å²) in [5.41, 5.74) is 1.09. The molecule has 2 N–H and O–H groups in total. The van der Waals surface area contributed by atoms with Crippen molar-refractivity contribution >= 4 is 43.1 Å². The molecule has 0 saturated carbocycles. The van der Waals surface area contributed by atoms with E-state index in [1.807, 2.05) is 0 Å². The molecule has 3 nitrogen and oxygen atoms in total. The van der Waals surface area contributed by atoms with Crippen molar-refractivity contribution in [2.45, 2.75) is 24.7 Å². The summed E-state index contributed by atoms with van der Waals surface area (Å²) in [5, 5.41) is 29.7. The molecule has 0 spiro atoms. The Kier molecular flexibility index (Phi) is 3.42. The summed E-state index contributed by atoms with van der Waals surface area (Å²) in [6, 6.07) is 23.7. The number of fused-ring (bicyclic) bond motifs is 2. The van der Waals surface area contributed by atoms with E-state index in [-0.39, 0.29) is 12.7 Å². The van der Waals surface area contributed by atoms with Gasteiger partial charge in [-0.15, -0.1) is 0 Å². The Bertz CT molecular complexity index is 1330. The van der Waals surface area contributed by atoms with E-state index < -0.39 is 12.2 Å². The van der Waals surface area contributed by atoms with Crippen LogP contribution >= 0.6 is 0 Å². The molecule has 28 heavy (non-hydrogen) atoms. The fraction of sp³-hybridized carbons (Fsp3) is 0.200. The largest absolute Gasteiger partial charge is 0.394 e. The van der Waals surface area contributed by atoms with E-state index in [2.05, 4.69) is 66.7 Å². The predicted octanol–water partition coefficient (Wildman–Crippen LogP) is 4.92. The highest BCUT2D eigenvalue weighted by molar-refractivity contribution is 6.33. The number of aliphatic hydroxyl groups excluding tert-OH is 2. The fourth-order valence-electron chi connectivity index (χ4n) is 5.05. The summed E-state index contributed by atoms with van der Waals surface area (Å²) in [6.45, 7) is -0.162. The Morgan fingerprint density at radius 2 is 1.39 bits per heavy atom. The average molecular weight is 368 g/mol. The zero-order valence-electron chi connectivity index (χ0n) is 15.3. The van der Waals surface area contributed by atoms with Crippen molar-refractivity contribution in [3.05, 3.63) is 72.3 Å². The van der Waals surface area contributed by atoms with Crippen molar-refractivity contribution < 1.29 is 14.9 Å². The zero-order chi connectivity index (χ0) is 18.8. The third-order valence-electron chi connectivity index (χ3n) is 6.29. The van der Waals surface area contributed by atoms with E-state index in [9.17, 15) is 10.2 Å². The van der Waals surface area contributed by atoms with Gasteiger partial charge in [0.15, 0.2) is 0 Å². The van der Waals surface area contributed by atoms with Crippen molar-refractivity contribution in [3.8, 4) is 0 Å². The Labute approximate surface area is 162 Å². The average Bonchev–Trinajstić information content (AvgIpc) is 3.12. The van der Waals surface area contributed by atoms with Gasteiger partial charge >= 0.3 is 0 Å². The molecule has 3 heteroatoms. The van der Waals surface area contributed by atoms with Gasteiger partial charge < -0.3 is 14.9 Å².